The lowest BCUT2D eigenvalue weighted by atomic mass is 10.1. The number of rotatable bonds is 5. The Morgan fingerprint density at radius 2 is 1.69 bits per heavy atom. The number of hydrogen-bond acceptors (Lipinski definition) is 3. The Kier molecular flexibility index (Phi) is 6.08. The van der Waals surface area contributed by atoms with Crippen molar-refractivity contribution in [2.24, 2.45) is 0 Å². The molecule has 140 valence electrons. The van der Waals surface area contributed by atoms with Crippen LogP contribution in [0.15, 0.2) is 24.3 Å². The Balaban J connectivity index is 1.93. The van der Waals surface area contributed by atoms with Gasteiger partial charge in [-0.2, -0.15) is 0 Å². The van der Waals surface area contributed by atoms with Crippen LogP contribution < -0.4 is 15.6 Å². The quantitative estimate of drug-likeness (QED) is 0.808. The molecule has 0 aliphatic carbocycles. The van der Waals surface area contributed by atoms with E-state index < -0.39 is 5.91 Å². The van der Waals surface area contributed by atoms with E-state index in [4.69, 9.17) is 4.74 Å². The molecular formula is C20H27N3O3. The second-order valence-corrected chi connectivity index (χ2v) is 6.76. The lowest BCUT2D eigenvalue weighted by Crippen LogP contribution is -2.44. The molecule has 2 rings (SSSR count). The molecule has 0 atom stereocenters. The maximum Gasteiger partial charge on any atom is 0.276 e. The highest BCUT2D eigenvalue weighted by Gasteiger charge is 2.17. The summed E-state index contributed by atoms with van der Waals surface area (Å²) in [6.07, 6.45) is 0. The van der Waals surface area contributed by atoms with E-state index in [0.29, 0.717) is 11.3 Å². The number of nitrogens with one attached hydrogen (secondary N) is 2. The van der Waals surface area contributed by atoms with E-state index in [1.165, 1.54) is 0 Å². The van der Waals surface area contributed by atoms with Gasteiger partial charge in [-0.05, 0) is 58.7 Å². The summed E-state index contributed by atoms with van der Waals surface area (Å²) in [6, 6.07) is 7.87. The van der Waals surface area contributed by atoms with Crippen molar-refractivity contribution >= 4 is 11.8 Å². The Bertz CT molecular complexity index is 802. The first kappa shape index (κ1) is 19.6. The number of aromatic nitrogens is 1. The lowest BCUT2D eigenvalue weighted by molar-refractivity contribution is -0.123. The summed E-state index contributed by atoms with van der Waals surface area (Å²) in [7, 11) is 0. The number of amides is 2. The van der Waals surface area contributed by atoms with Gasteiger partial charge in [0.15, 0.2) is 6.61 Å². The fourth-order valence-corrected chi connectivity index (χ4v) is 3.20. The molecule has 0 unspecified atom stereocenters. The molecule has 0 bridgehead atoms. The van der Waals surface area contributed by atoms with Gasteiger partial charge in [0, 0.05) is 17.4 Å². The van der Waals surface area contributed by atoms with Crippen LogP contribution in [0.4, 0.5) is 0 Å². The summed E-state index contributed by atoms with van der Waals surface area (Å²) in [5.41, 5.74) is 9.20. The van der Waals surface area contributed by atoms with Crippen LogP contribution in [0.3, 0.4) is 0 Å². The number of aryl methyl sites for hydroxylation is 3. The van der Waals surface area contributed by atoms with Gasteiger partial charge in [-0.15, -0.1) is 0 Å². The van der Waals surface area contributed by atoms with Crippen molar-refractivity contribution in [2.75, 3.05) is 6.61 Å². The molecule has 1 aromatic carbocycles. The molecule has 2 N–H and O–H groups in total. The van der Waals surface area contributed by atoms with Gasteiger partial charge in [-0.3, -0.25) is 20.4 Å². The second-order valence-electron chi connectivity index (χ2n) is 6.76. The third-order valence-corrected chi connectivity index (χ3v) is 4.32. The van der Waals surface area contributed by atoms with E-state index in [2.05, 4.69) is 29.3 Å². The highest BCUT2D eigenvalue weighted by atomic mass is 16.5. The first-order valence-electron chi connectivity index (χ1n) is 8.69. The van der Waals surface area contributed by atoms with Crippen LogP contribution in [-0.2, 0) is 4.79 Å². The second kappa shape index (κ2) is 8.08. The topological polar surface area (TPSA) is 72.4 Å². The molecule has 0 aliphatic rings. The lowest BCUT2D eigenvalue weighted by Gasteiger charge is -2.14. The fourth-order valence-electron chi connectivity index (χ4n) is 3.20. The minimum atomic E-state index is -0.418. The third-order valence-electron chi connectivity index (χ3n) is 4.32. The molecule has 0 aliphatic heterocycles. The zero-order chi connectivity index (χ0) is 19.4. The maximum absolute atomic E-state index is 12.4. The van der Waals surface area contributed by atoms with Crippen LogP contribution in [0.25, 0.3) is 0 Å². The summed E-state index contributed by atoms with van der Waals surface area (Å²) in [6.45, 7) is 11.7. The van der Waals surface area contributed by atoms with Crippen molar-refractivity contribution in [3.05, 3.63) is 52.3 Å². The number of para-hydroxylation sites is 1. The predicted molar refractivity (Wildman–Crippen MR) is 101 cm³/mol. The molecule has 1 aromatic heterocycles. The van der Waals surface area contributed by atoms with E-state index >= 15 is 0 Å². The molecule has 0 saturated carbocycles. The van der Waals surface area contributed by atoms with E-state index in [1.807, 2.05) is 52.0 Å². The Morgan fingerprint density at radius 3 is 2.23 bits per heavy atom. The van der Waals surface area contributed by atoms with Crippen LogP contribution in [0.1, 0.15) is 52.8 Å². The minimum Gasteiger partial charge on any atom is -0.483 e. The average molecular weight is 357 g/mol. The van der Waals surface area contributed by atoms with E-state index in [-0.39, 0.29) is 18.6 Å². The Morgan fingerprint density at radius 1 is 1.08 bits per heavy atom. The summed E-state index contributed by atoms with van der Waals surface area (Å²) >= 11 is 0. The van der Waals surface area contributed by atoms with E-state index in [1.54, 1.807) is 0 Å². The molecule has 1 heterocycles. The van der Waals surface area contributed by atoms with Gasteiger partial charge in [-0.1, -0.05) is 18.2 Å². The van der Waals surface area contributed by atoms with Crippen LogP contribution in [0.5, 0.6) is 5.75 Å². The van der Waals surface area contributed by atoms with Crippen molar-refractivity contribution in [2.45, 2.75) is 47.6 Å². The van der Waals surface area contributed by atoms with Crippen molar-refractivity contribution < 1.29 is 14.3 Å². The monoisotopic (exact) mass is 357 g/mol. The SMILES string of the molecule is Cc1cccc(C)c1OCC(=O)NNC(=O)c1cc(C)n(C(C)C)c1C. The standard InChI is InChI=1S/C20H27N3O3/c1-12(2)23-15(5)10-17(16(23)6)20(25)22-21-18(24)11-26-19-13(3)8-7-9-14(19)4/h7-10,12H,11H2,1-6H3,(H,21,24)(H,22,25). The molecule has 2 amide bonds. The van der Waals surface area contributed by atoms with Crippen LogP contribution in [0.2, 0.25) is 0 Å². The highest BCUT2D eigenvalue weighted by molar-refractivity contribution is 5.96. The summed E-state index contributed by atoms with van der Waals surface area (Å²) in [5, 5.41) is 0. The molecule has 6 nitrogen and oxygen atoms in total. The number of hydrazine groups is 1. The maximum atomic E-state index is 12.4. The molecule has 6 heteroatoms. The van der Waals surface area contributed by atoms with Gasteiger partial charge >= 0.3 is 0 Å². The molecule has 0 fully saturated rings. The number of carbonyl (C=O) groups excluding carboxylic acids is 2. The van der Waals surface area contributed by atoms with E-state index in [0.717, 1.165) is 22.5 Å². The summed E-state index contributed by atoms with van der Waals surface area (Å²) < 4.78 is 7.66. The van der Waals surface area contributed by atoms with Crippen molar-refractivity contribution in [3.63, 3.8) is 0 Å². The fraction of sp³-hybridized carbons (Fsp3) is 0.400. The van der Waals surface area contributed by atoms with Gasteiger partial charge in [0.1, 0.15) is 5.75 Å². The zero-order valence-corrected chi connectivity index (χ0v) is 16.3. The first-order valence-corrected chi connectivity index (χ1v) is 8.69. The average Bonchev–Trinajstić information content (AvgIpc) is 2.86. The van der Waals surface area contributed by atoms with Gasteiger partial charge in [0.2, 0.25) is 0 Å². The largest absolute Gasteiger partial charge is 0.483 e. The van der Waals surface area contributed by atoms with Gasteiger partial charge in [-0.25, -0.2) is 0 Å². The van der Waals surface area contributed by atoms with Crippen molar-refractivity contribution in [1.82, 2.24) is 15.4 Å². The van der Waals surface area contributed by atoms with E-state index in [9.17, 15) is 9.59 Å². The first-order chi connectivity index (χ1) is 12.2. The third kappa shape index (κ3) is 4.25. The highest BCUT2D eigenvalue weighted by Crippen LogP contribution is 2.22. The minimum absolute atomic E-state index is 0.170. The molecule has 0 saturated heterocycles. The predicted octanol–water partition coefficient (Wildman–Crippen LogP) is 3.14. The smallest absolute Gasteiger partial charge is 0.276 e. The number of hydrogen-bond donors (Lipinski definition) is 2. The summed E-state index contributed by atoms with van der Waals surface area (Å²) in [4.78, 5) is 24.3. The van der Waals surface area contributed by atoms with Crippen molar-refractivity contribution in [3.8, 4) is 5.75 Å². The van der Waals surface area contributed by atoms with Crippen molar-refractivity contribution in [1.29, 1.82) is 0 Å². The Hall–Kier alpha value is -2.76. The molecule has 0 spiro atoms. The van der Waals surface area contributed by atoms with Crippen LogP contribution in [-0.4, -0.2) is 23.0 Å². The molecule has 26 heavy (non-hydrogen) atoms. The molecule has 0 radical (unpaired) electrons. The van der Waals surface area contributed by atoms with Crippen LogP contribution >= 0.6 is 0 Å². The van der Waals surface area contributed by atoms with Crippen LogP contribution in [0, 0.1) is 27.7 Å². The van der Waals surface area contributed by atoms with Gasteiger partial charge < -0.3 is 9.30 Å². The molecular weight excluding hydrogens is 330 g/mol. The van der Waals surface area contributed by atoms with Gasteiger partial charge in [0.05, 0.1) is 5.56 Å². The normalized spacial score (nSPS) is 10.7. The summed E-state index contributed by atoms with van der Waals surface area (Å²) in [5.74, 6) is -0.0708. The number of nitrogens with zero attached hydrogens (tertiary/aromatic N) is 1. The number of carbonyl (C=O) groups is 2. The number of benzene rings is 1. The Labute approximate surface area is 154 Å². The molecule has 2 aromatic rings. The number of ether oxygens (including phenoxy) is 1. The zero-order valence-electron chi connectivity index (χ0n) is 16.3. The van der Waals surface area contributed by atoms with Gasteiger partial charge in [0.25, 0.3) is 11.8 Å².